The normalized spacial score (nSPS) is 16.0. The van der Waals surface area contributed by atoms with Crippen molar-refractivity contribution in [3.63, 3.8) is 0 Å². The predicted octanol–water partition coefficient (Wildman–Crippen LogP) is 0.282. The third kappa shape index (κ3) is 2.89. The van der Waals surface area contributed by atoms with Crippen LogP contribution in [0, 0.1) is 12.8 Å². The number of nitrogens with zero attached hydrogens (tertiary/aromatic N) is 1. The average Bonchev–Trinajstić information content (AvgIpc) is 2.46. The number of aromatic amines is 1. The van der Waals surface area contributed by atoms with Gasteiger partial charge in [-0.25, -0.2) is 0 Å². The standard InChI is InChI=1S/C14H19N3O3/c1-9-3-4-11(13(19)16-9)14(20)17-7-5-10(6-8-17)12(18)15-2/h3-4,10H,5-8H2,1-2H3,(H,15,18)(H,16,19). The fourth-order valence-electron chi connectivity index (χ4n) is 2.46. The van der Waals surface area contributed by atoms with Crippen LogP contribution in [0.25, 0.3) is 0 Å². The summed E-state index contributed by atoms with van der Waals surface area (Å²) in [6.45, 7) is 2.78. The molecule has 2 rings (SSSR count). The van der Waals surface area contributed by atoms with Crippen LogP contribution in [-0.4, -0.2) is 41.8 Å². The van der Waals surface area contributed by atoms with Crippen molar-refractivity contribution < 1.29 is 9.59 Å². The predicted molar refractivity (Wildman–Crippen MR) is 74.5 cm³/mol. The number of likely N-dealkylation sites (tertiary alicyclic amines) is 1. The molecule has 2 N–H and O–H groups in total. The Kier molecular flexibility index (Phi) is 4.22. The van der Waals surface area contributed by atoms with E-state index in [0.29, 0.717) is 25.9 Å². The zero-order valence-corrected chi connectivity index (χ0v) is 11.7. The number of amides is 2. The van der Waals surface area contributed by atoms with E-state index in [1.807, 2.05) is 0 Å². The number of hydrogen-bond acceptors (Lipinski definition) is 3. The van der Waals surface area contributed by atoms with Crippen LogP contribution in [0.5, 0.6) is 0 Å². The van der Waals surface area contributed by atoms with Crippen LogP contribution in [0.3, 0.4) is 0 Å². The number of aromatic nitrogens is 1. The van der Waals surface area contributed by atoms with Gasteiger partial charge in [0.2, 0.25) is 5.91 Å². The SMILES string of the molecule is CNC(=O)C1CCN(C(=O)c2ccc(C)[nH]c2=O)CC1. The van der Waals surface area contributed by atoms with E-state index in [1.54, 1.807) is 31.0 Å². The van der Waals surface area contributed by atoms with E-state index in [2.05, 4.69) is 10.3 Å². The molecule has 108 valence electrons. The molecular weight excluding hydrogens is 258 g/mol. The molecule has 0 aliphatic carbocycles. The molecule has 0 radical (unpaired) electrons. The number of nitrogens with one attached hydrogen (secondary N) is 2. The first-order valence-corrected chi connectivity index (χ1v) is 6.73. The summed E-state index contributed by atoms with van der Waals surface area (Å²) in [4.78, 5) is 39.9. The van der Waals surface area contributed by atoms with Gasteiger partial charge in [0.25, 0.3) is 11.5 Å². The molecule has 0 spiro atoms. The lowest BCUT2D eigenvalue weighted by atomic mass is 9.95. The topological polar surface area (TPSA) is 82.3 Å². The number of aryl methyl sites for hydroxylation is 1. The molecule has 0 bridgehead atoms. The first-order valence-electron chi connectivity index (χ1n) is 6.73. The number of carbonyl (C=O) groups excluding carboxylic acids is 2. The lowest BCUT2D eigenvalue weighted by Crippen LogP contribution is -2.43. The van der Waals surface area contributed by atoms with E-state index in [0.717, 1.165) is 5.69 Å². The molecule has 0 saturated carbocycles. The molecule has 1 saturated heterocycles. The van der Waals surface area contributed by atoms with Gasteiger partial charge in [0.1, 0.15) is 5.56 Å². The van der Waals surface area contributed by atoms with Gasteiger partial charge in [-0.1, -0.05) is 0 Å². The number of piperidine rings is 1. The highest BCUT2D eigenvalue weighted by molar-refractivity contribution is 5.94. The summed E-state index contributed by atoms with van der Waals surface area (Å²) in [6.07, 6.45) is 1.27. The van der Waals surface area contributed by atoms with Crippen LogP contribution in [0.15, 0.2) is 16.9 Å². The first-order chi connectivity index (χ1) is 9.52. The highest BCUT2D eigenvalue weighted by Gasteiger charge is 2.28. The van der Waals surface area contributed by atoms with E-state index in [-0.39, 0.29) is 28.9 Å². The summed E-state index contributed by atoms with van der Waals surface area (Å²) in [5.74, 6) is -0.285. The highest BCUT2D eigenvalue weighted by atomic mass is 16.2. The van der Waals surface area contributed by atoms with Crippen molar-refractivity contribution in [2.45, 2.75) is 19.8 Å². The molecule has 20 heavy (non-hydrogen) atoms. The van der Waals surface area contributed by atoms with Crippen LogP contribution in [0.1, 0.15) is 28.9 Å². The summed E-state index contributed by atoms with van der Waals surface area (Å²) in [7, 11) is 1.62. The third-order valence-corrected chi connectivity index (χ3v) is 3.69. The van der Waals surface area contributed by atoms with Gasteiger partial charge in [-0.3, -0.25) is 14.4 Å². The molecule has 6 heteroatoms. The van der Waals surface area contributed by atoms with Crippen LogP contribution < -0.4 is 10.9 Å². The Hall–Kier alpha value is -2.11. The van der Waals surface area contributed by atoms with Gasteiger partial charge in [0.15, 0.2) is 0 Å². The molecule has 1 aliphatic rings. The van der Waals surface area contributed by atoms with Crippen molar-refractivity contribution in [1.29, 1.82) is 0 Å². The van der Waals surface area contributed by atoms with Gasteiger partial charge in [0, 0.05) is 31.7 Å². The molecule has 1 fully saturated rings. The van der Waals surface area contributed by atoms with Crippen molar-refractivity contribution in [3.8, 4) is 0 Å². The minimum Gasteiger partial charge on any atom is -0.359 e. The van der Waals surface area contributed by atoms with Gasteiger partial charge < -0.3 is 15.2 Å². The molecule has 2 amide bonds. The third-order valence-electron chi connectivity index (χ3n) is 3.69. The molecule has 1 aliphatic heterocycles. The smallest absolute Gasteiger partial charge is 0.260 e. The highest BCUT2D eigenvalue weighted by Crippen LogP contribution is 2.18. The summed E-state index contributed by atoms with van der Waals surface area (Å²) >= 11 is 0. The van der Waals surface area contributed by atoms with E-state index >= 15 is 0 Å². The summed E-state index contributed by atoms with van der Waals surface area (Å²) in [6, 6.07) is 3.27. The monoisotopic (exact) mass is 277 g/mol. The zero-order chi connectivity index (χ0) is 14.7. The van der Waals surface area contributed by atoms with Gasteiger partial charge in [-0.05, 0) is 31.9 Å². The Morgan fingerprint density at radius 1 is 1.30 bits per heavy atom. The molecule has 0 unspecified atom stereocenters. The summed E-state index contributed by atoms with van der Waals surface area (Å²) in [5.41, 5.74) is 0.530. The maximum atomic E-state index is 12.3. The van der Waals surface area contributed by atoms with E-state index in [4.69, 9.17) is 0 Å². The van der Waals surface area contributed by atoms with Gasteiger partial charge in [0.05, 0.1) is 0 Å². The fraction of sp³-hybridized carbons (Fsp3) is 0.500. The molecule has 1 aromatic rings. The van der Waals surface area contributed by atoms with Crippen molar-refractivity contribution in [1.82, 2.24) is 15.2 Å². The summed E-state index contributed by atoms with van der Waals surface area (Å²) < 4.78 is 0. The van der Waals surface area contributed by atoms with Crippen molar-refractivity contribution in [2.24, 2.45) is 5.92 Å². The molecule has 0 atom stereocenters. The molecule has 2 heterocycles. The average molecular weight is 277 g/mol. The Morgan fingerprint density at radius 3 is 2.50 bits per heavy atom. The zero-order valence-electron chi connectivity index (χ0n) is 11.7. The second-order valence-electron chi connectivity index (χ2n) is 5.06. The van der Waals surface area contributed by atoms with Crippen molar-refractivity contribution in [2.75, 3.05) is 20.1 Å². The maximum absolute atomic E-state index is 12.3. The van der Waals surface area contributed by atoms with Crippen LogP contribution in [0.2, 0.25) is 0 Å². The lowest BCUT2D eigenvalue weighted by molar-refractivity contribution is -0.125. The van der Waals surface area contributed by atoms with Gasteiger partial charge >= 0.3 is 0 Å². The Bertz CT molecular complexity index is 571. The number of carbonyl (C=O) groups is 2. The number of hydrogen-bond donors (Lipinski definition) is 2. The molecular formula is C14H19N3O3. The van der Waals surface area contributed by atoms with Crippen LogP contribution >= 0.6 is 0 Å². The lowest BCUT2D eigenvalue weighted by Gasteiger charge is -2.31. The van der Waals surface area contributed by atoms with Gasteiger partial charge in [-0.15, -0.1) is 0 Å². The Morgan fingerprint density at radius 2 is 1.95 bits per heavy atom. The van der Waals surface area contributed by atoms with Crippen LogP contribution in [0.4, 0.5) is 0 Å². The van der Waals surface area contributed by atoms with Crippen molar-refractivity contribution in [3.05, 3.63) is 33.7 Å². The second kappa shape index (κ2) is 5.90. The number of H-pyrrole nitrogens is 1. The molecule has 6 nitrogen and oxygen atoms in total. The quantitative estimate of drug-likeness (QED) is 0.814. The minimum absolute atomic E-state index is 0.0188. The van der Waals surface area contributed by atoms with E-state index in [1.165, 1.54) is 0 Å². The van der Waals surface area contributed by atoms with E-state index < -0.39 is 0 Å². The van der Waals surface area contributed by atoms with Gasteiger partial charge in [-0.2, -0.15) is 0 Å². The Labute approximate surface area is 117 Å². The number of pyridine rings is 1. The first kappa shape index (κ1) is 14.3. The molecule has 0 aromatic carbocycles. The van der Waals surface area contributed by atoms with Crippen molar-refractivity contribution >= 4 is 11.8 Å². The Balaban J connectivity index is 2.05. The molecule has 1 aromatic heterocycles. The van der Waals surface area contributed by atoms with Crippen LogP contribution in [-0.2, 0) is 4.79 Å². The fourth-order valence-corrected chi connectivity index (χ4v) is 2.46. The second-order valence-corrected chi connectivity index (χ2v) is 5.06. The maximum Gasteiger partial charge on any atom is 0.260 e. The van der Waals surface area contributed by atoms with E-state index in [9.17, 15) is 14.4 Å². The largest absolute Gasteiger partial charge is 0.359 e. The number of rotatable bonds is 2. The minimum atomic E-state index is -0.358. The summed E-state index contributed by atoms with van der Waals surface area (Å²) in [5, 5.41) is 2.63.